The van der Waals surface area contributed by atoms with E-state index in [4.69, 9.17) is 0 Å². The molecule has 0 spiro atoms. The maximum Gasteiger partial charge on any atom is 0.224 e. The van der Waals surface area contributed by atoms with Crippen LogP contribution in [-0.4, -0.2) is 42.6 Å². The lowest BCUT2D eigenvalue weighted by Crippen LogP contribution is -2.39. The zero-order valence-electron chi connectivity index (χ0n) is 11.4. The average Bonchev–Trinajstić information content (AvgIpc) is 2.39. The normalized spacial score (nSPS) is 20.2. The Morgan fingerprint density at radius 3 is 3.00 bits per heavy atom. The smallest absolute Gasteiger partial charge is 0.224 e. The average molecular weight is 262 g/mol. The summed E-state index contributed by atoms with van der Waals surface area (Å²) < 4.78 is 0. The second-order valence-corrected chi connectivity index (χ2v) is 5.38. The molecule has 1 unspecified atom stereocenters. The molecular weight excluding hydrogens is 240 g/mol. The molecule has 2 N–H and O–H groups in total. The number of amides is 1. The molecule has 0 bridgehead atoms. The van der Waals surface area contributed by atoms with E-state index in [0.29, 0.717) is 11.5 Å². The number of benzene rings is 1. The van der Waals surface area contributed by atoms with Crippen LogP contribution in [0.5, 0.6) is 5.75 Å². The van der Waals surface area contributed by atoms with Crippen molar-refractivity contribution in [1.82, 2.24) is 10.2 Å². The van der Waals surface area contributed by atoms with Crippen LogP contribution in [0.4, 0.5) is 0 Å². The summed E-state index contributed by atoms with van der Waals surface area (Å²) >= 11 is 0. The molecule has 1 aliphatic rings. The summed E-state index contributed by atoms with van der Waals surface area (Å²) in [5, 5.41) is 12.6. The van der Waals surface area contributed by atoms with Gasteiger partial charge in [-0.05, 0) is 38.4 Å². The second-order valence-electron chi connectivity index (χ2n) is 5.38. The number of phenols is 1. The number of carbonyl (C=O) groups excluding carboxylic acids is 1. The van der Waals surface area contributed by atoms with Crippen LogP contribution in [-0.2, 0) is 11.2 Å². The van der Waals surface area contributed by atoms with Gasteiger partial charge in [-0.1, -0.05) is 18.2 Å². The third-order valence-corrected chi connectivity index (χ3v) is 3.65. The van der Waals surface area contributed by atoms with Crippen molar-refractivity contribution in [3.63, 3.8) is 0 Å². The molecule has 0 saturated carbocycles. The van der Waals surface area contributed by atoms with Gasteiger partial charge in [0.15, 0.2) is 0 Å². The van der Waals surface area contributed by atoms with Crippen molar-refractivity contribution >= 4 is 5.91 Å². The van der Waals surface area contributed by atoms with Crippen LogP contribution in [0.3, 0.4) is 0 Å². The van der Waals surface area contributed by atoms with E-state index in [1.54, 1.807) is 18.2 Å². The highest BCUT2D eigenvalue weighted by atomic mass is 16.3. The van der Waals surface area contributed by atoms with E-state index in [1.165, 1.54) is 12.8 Å². The van der Waals surface area contributed by atoms with E-state index < -0.39 is 0 Å². The van der Waals surface area contributed by atoms with Gasteiger partial charge in [0.2, 0.25) is 5.91 Å². The third-order valence-electron chi connectivity index (χ3n) is 3.65. The van der Waals surface area contributed by atoms with Gasteiger partial charge in [-0.25, -0.2) is 0 Å². The molecule has 19 heavy (non-hydrogen) atoms. The molecule has 0 aliphatic carbocycles. The first-order valence-electron chi connectivity index (χ1n) is 6.87. The number of nitrogens with zero attached hydrogens (tertiary/aromatic N) is 1. The molecule has 1 aromatic rings. The molecule has 1 fully saturated rings. The van der Waals surface area contributed by atoms with E-state index in [-0.39, 0.29) is 18.1 Å². The van der Waals surface area contributed by atoms with Gasteiger partial charge >= 0.3 is 0 Å². The Balaban J connectivity index is 1.77. The zero-order valence-corrected chi connectivity index (χ0v) is 11.4. The molecule has 1 heterocycles. The minimum Gasteiger partial charge on any atom is -0.508 e. The lowest BCUT2D eigenvalue weighted by atomic mass is 9.98. The first-order valence-corrected chi connectivity index (χ1v) is 6.87. The molecule has 1 atom stereocenters. The Labute approximate surface area is 114 Å². The van der Waals surface area contributed by atoms with Gasteiger partial charge in [-0.3, -0.25) is 4.79 Å². The summed E-state index contributed by atoms with van der Waals surface area (Å²) in [6.45, 7) is 2.94. The summed E-state index contributed by atoms with van der Waals surface area (Å²) in [6, 6.07) is 6.98. The summed E-state index contributed by atoms with van der Waals surface area (Å²) in [5.74, 6) is 0.719. The second kappa shape index (κ2) is 6.57. The molecular formula is C15H22N2O2. The van der Waals surface area contributed by atoms with E-state index in [1.807, 2.05) is 6.07 Å². The van der Waals surface area contributed by atoms with Crippen molar-refractivity contribution < 1.29 is 9.90 Å². The van der Waals surface area contributed by atoms with E-state index in [2.05, 4.69) is 17.3 Å². The molecule has 1 saturated heterocycles. The predicted molar refractivity (Wildman–Crippen MR) is 75.0 cm³/mol. The topological polar surface area (TPSA) is 52.6 Å². The highest BCUT2D eigenvalue weighted by Gasteiger charge is 2.17. The fraction of sp³-hybridized carbons (Fsp3) is 0.533. The van der Waals surface area contributed by atoms with Crippen molar-refractivity contribution in [2.24, 2.45) is 5.92 Å². The molecule has 104 valence electrons. The van der Waals surface area contributed by atoms with Crippen LogP contribution in [0.15, 0.2) is 24.3 Å². The van der Waals surface area contributed by atoms with Crippen LogP contribution in [0.25, 0.3) is 0 Å². The summed E-state index contributed by atoms with van der Waals surface area (Å²) in [5.41, 5.74) is 0.681. The molecule has 1 amide bonds. The first-order chi connectivity index (χ1) is 9.15. The van der Waals surface area contributed by atoms with Crippen molar-refractivity contribution in [2.75, 3.05) is 26.7 Å². The van der Waals surface area contributed by atoms with Gasteiger partial charge in [0.05, 0.1) is 6.42 Å². The van der Waals surface area contributed by atoms with Crippen molar-refractivity contribution in [3.05, 3.63) is 29.8 Å². The maximum atomic E-state index is 11.9. The van der Waals surface area contributed by atoms with E-state index >= 15 is 0 Å². The van der Waals surface area contributed by atoms with Crippen LogP contribution in [0.1, 0.15) is 18.4 Å². The minimum atomic E-state index is -0.0188. The highest BCUT2D eigenvalue weighted by molar-refractivity contribution is 5.79. The SMILES string of the molecule is CN1CCCC(CNC(=O)Cc2ccccc2O)C1. The Hall–Kier alpha value is -1.55. The number of aromatic hydroxyl groups is 1. The zero-order chi connectivity index (χ0) is 13.7. The summed E-state index contributed by atoms with van der Waals surface area (Å²) in [6.07, 6.45) is 2.63. The lowest BCUT2D eigenvalue weighted by molar-refractivity contribution is -0.120. The standard InChI is InChI=1S/C15H22N2O2/c1-17-8-4-5-12(11-17)10-16-15(19)9-13-6-2-3-7-14(13)18/h2-3,6-7,12,18H,4-5,8-11H2,1H3,(H,16,19). The molecule has 1 aliphatic heterocycles. The Morgan fingerprint density at radius 1 is 1.47 bits per heavy atom. The number of para-hydroxylation sites is 1. The molecule has 2 rings (SSSR count). The van der Waals surface area contributed by atoms with Crippen LogP contribution in [0.2, 0.25) is 0 Å². The van der Waals surface area contributed by atoms with Gasteiger partial charge < -0.3 is 15.3 Å². The van der Waals surface area contributed by atoms with Crippen LogP contribution >= 0.6 is 0 Å². The number of piperidine rings is 1. The van der Waals surface area contributed by atoms with Gasteiger partial charge in [0.25, 0.3) is 0 Å². The molecule has 4 nitrogen and oxygen atoms in total. The molecule has 0 radical (unpaired) electrons. The van der Waals surface area contributed by atoms with Crippen molar-refractivity contribution in [2.45, 2.75) is 19.3 Å². The Kier molecular flexibility index (Phi) is 4.80. The first kappa shape index (κ1) is 13.9. The number of hydrogen-bond donors (Lipinski definition) is 2. The maximum absolute atomic E-state index is 11.9. The minimum absolute atomic E-state index is 0.0188. The fourth-order valence-electron chi connectivity index (χ4n) is 2.59. The van der Waals surface area contributed by atoms with Crippen LogP contribution in [0, 0.1) is 5.92 Å². The number of likely N-dealkylation sites (tertiary alicyclic amines) is 1. The Bertz CT molecular complexity index is 434. The lowest BCUT2D eigenvalue weighted by Gasteiger charge is -2.29. The molecule has 4 heteroatoms. The van der Waals surface area contributed by atoms with E-state index in [9.17, 15) is 9.90 Å². The predicted octanol–water partition coefficient (Wildman–Crippen LogP) is 1.39. The van der Waals surface area contributed by atoms with Gasteiger partial charge in [-0.2, -0.15) is 0 Å². The monoisotopic (exact) mass is 262 g/mol. The summed E-state index contributed by atoms with van der Waals surface area (Å²) in [4.78, 5) is 14.2. The van der Waals surface area contributed by atoms with Crippen molar-refractivity contribution in [1.29, 1.82) is 0 Å². The third kappa shape index (κ3) is 4.24. The number of nitrogens with one attached hydrogen (secondary N) is 1. The number of phenolic OH excluding ortho intramolecular Hbond substituents is 1. The number of carbonyl (C=O) groups is 1. The Morgan fingerprint density at radius 2 is 2.26 bits per heavy atom. The van der Waals surface area contributed by atoms with Gasteiger partial charge in [0.1, 0.15) is 5.75 Å². The molecule has 0 aromatic heterocycles. The summed E-state index contributed by atoms with van der Waals surface area (Å²) in [7, 11) is 2.12. The van der Waals surface area contributed by atoms with Gasteiger partial charge in [-0.15, -0.1) is 0 Å². The number of rotatable bonds is 4. The van der Waals surface area contributed by atoms with E-state index in [0.717, 1.165) is 19.6 Å². The largest absolute Gasteiger partial charge is 0.508 e. The van der Waals surface area contributed by atoms with Crippen LogP contribution < -0.4 is 5.32 Å². The fourth-order valence-corrected chi connectivity index (χ4v) is 2.59. The number of hydrogen-bond acceptors (Lipinski definition) is 3. The molecule has 1 aromatic carbocycles. The van der Waals surface area contributed by atoms with Crippen molar-refractivity contribution in [3.8, 4) is 5.75 Å². The highest BCUT2D eigenvalue weighted by Crippen LogP contribution is 2.16. The van der Waals surface area contributed by atoms with Gasteiger partial charge in [0, 0.05) is 18.7 Å². The quantitative estimate of drug-likeness (QED) is 0.862.